The van der Waals surface area contributed by atoms with Crippen molar-refractivity contribution in [1.29, 1.82) is 0 Å². The molecule has 7 heteroatoms. The molecule has 1 fully saturated rings. The molecule has 2 aromatic rings. The number of hydrogen-bond acceptors (Lipinski definition) is 7. The van der Waals surface area contributed by atoms with E-state index in [2.05, 4.69) is 16.7 Å². The molecule has 1 saturated heterocycles. The van der Waals surface area contributed by atoms with E-state index < -0.39 is 0 Å². The van der Waals surface area contributed by atoms with Crippen LogP contribution in [-0.2, 0) is 22.5 Å². The number of hydrogen-bond donors (Lipinski definition) is 1. The number of ether oxygens (including phenoxy) is 1. The highest BCUT2D eigenvalue weighted by atomic mass is 16.5. The summed E-state index contributed by atoms with van der Waals surface area (Å²) in [4.78, 5) is 26.0. The van der Waals surface area contributed by atoms with Gasteiger partial charge >= 0.3 is 0 Å². The second-order valence-corrected chi connectivity index (χ2v) is 7.70. The molecular weight excluding hydrogens is 354 g/mol. The second kappa shape index (κ2) is 7.85. The Labute approximate surface area is 165 Å². The van der Waals surface area contributed by atoms with Gasteiger partial charge in [-0.2, -0.15) is 0 Å². The van der Waals surface area contributed by atoms with E-state index in [1.807, 2.05) is 24.3 Å². The van der Waals surface area contributed by atoms with Crippen LogP contribution in [0.5, 0.6) is 0 Å². The predicted octanol–water partition coefficient (Wildman–Crippen LogP) is 1.90. The molecule has 1 atom stereocenters. The number of carbonyl (C=O) groups excluding carboxylic acids is 1. The molecule has 1 unspecified atom stereocenters. The van der Waals surface area contributed by atoms with Gasteiger partial charge in [0.1, 0.15) is 11.6 Å². The third-order valence-corrected chi connectivity index (χ3v) is 5.38. The van der Waals surface area contributed by atoms with Crippen molar-refractivity contribution in [3.05, 3.63) is 35.5 Å². The van der Waals surface area contributed by atoms with Gasteiger partial charge in [-0.05, 0) is 44.5 Å². The quantitative estimate of drug-likeness (QED) is 0.810. The number of nitrogens with two attached hydrogens (primary N) is 1. The topological polar surface area (TPSA) is 84.6 Å². The smallest absolute Gasteiger partial charge is 0.161 e. The van der Waals surface area contributed by atoms with E-state index >= 15 is 0 Å². The zero-order chi connectivity index (χ0) is 19.7. The fourth-order valence-electron chi connectivity index (χ4n) is 3.96. The van der Waals surface area contributed by atoms with Crippen molar-refractivity contribution in [3.63, 3.8) is 0 Å². The number of nitrogen functional groups attached to an aromatic ring is 1. The van der Waals surface area contributed by atoms with Crippen molar-refractivity contribution in [1.82, 2.24) is 14.9 Å². The zero-order valence-corrected chi connectivity index (χ0v) is 16.5. The average Bonchev–Trinajstić information content (AvgIpc) is 2.67. The van der Waals surface area contributed by atoms with Crippen LogP contribution < -0.4 is 10.6 Å². The highest BCUT2D eigenvalue weighted by Crippen LogP contribution is 2.31. The maximum atomic E-state index is 11.6. The summed E-state index contributed by atoms with van der Waals surface area (Å²) in [7, 11) is 0. The maximum Gasteiger partial charge on any atom is 0.161 e. The van der Waals surface area contributed by atoms with E-state index in [4.69, 9.17) is 20.4 Å². The van der Waals surface area contributed by atoms with Gasteiger partial charge in [-0.1, -0.05) is 0 Å². The highest BCUT2D eigenvalue weighted by molar-refractivity contribution is 5.77. The summed E-state index contributed by atoms with van der Waals surface area (Å²) < 4.78 is 5.62. The molecule has 0 saturated carbocycles. The molecule has 1 aromatic heterocycles. The van der Waals surface area contributed by atoms with Crippen molar-refractivity contribution in [2.75, 3.05) is 43.5 Å². The van der Waals surface area contributed by atoms with Crippen LogP contribution in [0, 0.1) is 0 Å². The summed E-state index contributed by atoms with van der Waals surface area (Å²) in [6.07, 6.45) is 0.851. The second-order valence-electron chi connectivity index (χ2n) is 7.70. The standard InChI is InChI=1S/C21H27N5O2/c1-14-13-28-10-9-26(14)21-18-7-8-25(11-15(2)27)12-19(18)23-20(24-21)16-3-5-17(22)6-4-16/h3-6,14H,7-13,22H2,1-2H3. The number of morpholine rings is 1. The zero-order valence-electron chi connectivity index (χ0n) is 16.5. The molecule has 7 nitrogen and oxygen atoms in total. The SMILES string of the molecule is CC(=O)CN1CCc2c(nc(-c3ccc(N)cc3)nc2N2CCOCC2C)C1. The molecule has 2 aliphatic heterocycles. The third kappa shape index (κ3) is 3.86. The summed E-state index contributed by atoms with van der Waals surface area (Å²) in [5.41, 5.74) is 9.73. The van der Waals surface area contributed by atoms with Gasteiger partial charge in [0.25, 0.3) is 0 Å². The number of Topliss-reactive ketones (excluding diaryl/α,β-unsaturated/α-hetero) is 1. The summed E-state index contributed by atoms with van der Waals surface area (Å²) in [5.74, 6) is 1.89. The number of anilines is 2. The Morgan fingerprint density at radius 2 is 2.04 bits per heavy atom. The van der Waals surface area contributed by atoms with Crippen molar-refractivity contribution in [2.24, 2.45) is 0 Å². The Bertz CT molecular complexity index is 868. The normalized spacial score (nSPS) is 20.1. The third-order valence-electron chi connectivity index (χ3n) is 5.38. The van der Waals surface area contributed by atoms with Crippen LogP contribution in [0.4, 0.5) is 11.5 Å². The van der Waals surface area contributed by atoms with Gasteiger partial charge in [-0.15, -0.1) is 0 Å². The Kier molecular flexibility index (Phi) is 5.28. The first kappa shape index (κ1) is 18.8. The molecule has 2 aliphatic rings. The number of benzene rings is 1. The highest BCUT2D eigenvalue weighted by Gasteiger charge is 2.29. The molecule has 2 N–H and O–H groups in total. The first-order chi connectivity index (χ1) is 13.5. The number of carbonyl (C=O) groups is 1. The molecule has 0 amide bonds. The lowest BCUT2D eigenvalue weighted by Crippen LogP contribution is -2.45. The number of ketones is 1. The van der Waals surface area contributed by atoms with Crippen LogP contribution in [0.3, 0.4) is 0 Å². The van der Waals surface area contributed by atoms with Crippen LogP contribution in [0.15, 0.2) is 24.3 Å². The van der Waals surface area contributed by atoms with Gasteiger partial charge < -0.3 is 15.4 Å². The Balaban J connectivity index is 1.77. The van der Waals surface area contributed by atoms with E-state index in [0.29, 0.717) is 32.1 Å². The van der Waals surface area contributed by atoms with Gasteiger partial charge in [0.2, 0.25) is 0 Å². The Hall–Kier alpha value is -2.51. The number of fused-ring (bicyclic) bond motifs is 1. The molecule has 4 rings (SSSR count). The molecule has 0 radical (unpaired) electrons. The first-order valence-electron chi connectivity index (χ1n) is 9.83. The van der Waals surface area contributed by atoms with Crippen molar-refractivity contribution < 1.29 is 9.53 Å². The molecule has 0 bridgehead atoms. The largest absolute Gasteiger partial charge is 0.399 e. The lowest BCUT2D eigenvalue weighted by atomic mass is 10.0. The molecule has 0 spiro atoms. The number of aromatic nitrogens is 2. The van der Waals surface area contributed by atoms with E-state index in [9.17, 15) is 4.79 Å². The van der Waals surface area contributed by atoms with Crippen molar-refractivity contribution in [3.8, 4) is 11.4 Å². The molecule has 3 heterocycles. The minimum atomic E-state index is 0.179. The average molecular weight is 381 g/mol. The lowest BCUT2D eigenvalue weighted by Gasteiger charge is -2.37. The predicted molar refractivity (Wildman–Crippen MR) is 109 cm³/mol. The van der Waals surface area contributed by atoms with Gasteiger partial charge in [0.15, 0.2) is 5.82 Å². The van der Waals surface area contributed by atoms with Crippen molar-refractivity contribution >= 4 is 17.3 Å². The fraction of sp³-hybridized carbons (Fsp3) is 0.476. The monoisotopic (exact) mass is 381 g/mol. The minimum Gasteiger partial charge on any atom is -0.399 e. The van der Waals surface area contributed by atoms with Crippen LogP contribution in [0.2, 0.25) is 0 Å². The van der Waals surface area contributed by atoms with E-state index in [0.717, 1.165) is 42.3 Å². The van der Waals surface area contributed by atoms with Gasteiger partial charge in [-0.3, -0.25) is 9.69 Å². The molecular formula is C21H27N5O2. The number of rotatable bonds is 4. The van der Waals surface area contributed by atoms with Crippen LogP contribution in [-0.4, -0.2) is 59.5 Å². The maximum absolute atomic E-state index is 11.6. The summed E-state index contributed by atoms with van der Waals surface area (Å²) >= 11 is 0. The summed E-state index contributed by atoms with van der Waals surface area (Å²) in [5, 5.41) is 0. The van der Waals surface area contributed by atoms with E-state index in [-0.39, 0.29) is 11.8 Å². The van der Waals surface area contributed by atoms with Gasteiger partial charge in [0.05, 0.1) is 31.5 Å². The Morgan fingerprint density at radius 3 is 2.75 bits per heavy atom. The fourth-order valence-corrected chi connectivity index (χ4v) is 3.96. The lowest BCUT2D eigenvalue weighted by molar-refractivity contribution is -0.118. The number of nitrogens with zero attached hydrogens (tertiary/aromatic N) is 4. The molecule has 0 aliphatic carbocycles. The van der Waals surface area contributed by atoms with Gasteiger partial charge in [-0.25, -0.2) is 9.97 Å². The summed E-state index contributed by atoms with van der Waals surface area (Å²) in [6.45, 7) is 8.02. The molecule has 28 heavy (non-hydrogen) atoms. The van der Waals surface area contributed by atoms with E-state index in [1.54, 1.807) is 6.92 Å². The molecule has 1 aromatic carbocycles. The van der Waals surface area contributed by atoms with E-state index in [1.165, 1.54) is 5.56 Å². The first-order valence-corrected chi connectivity index (χ1v) is 9.83. The van der Waals surface area contributed by atoms with Crippen LogP contribution >= 0.6 is 0 Å². The van der Waals surface area contributed by atoms with Gasteiger partial charge in [0, 0.05) is 36.4 Å². The van der Waals surface area contributed by atoms with Crippen LogP contribution in [0.1, 0.15) is 25.1 Å². The molecule has 148 valence electrons. The van der Waals surface area contributed by atoms with Crippen molar-refractivity contribution in [2.45, 2.75) is 32.9 Å². The minimum absolute atomic E-state index is 0.179. The van der Waals surface area contributed by atoms with Crippen LogP contribution in [0.25, 0.3) is 11.4 Å². The summed E-state index contributed by atoms with van der Waals surface area (Å²) in [6, 6.07) is 7.93. The Morgan fingerprint density at radius 1 is 1.25 bits per heavy atom.